The molecule has 1 aromatic carbocycles. The number of nitriles is 1. The third kappa shape index (κ3) is 3.17. The molecule has 4 rings (SSSR count). The molecule has 0 bridgehead atoms. The van der Waals surface area contributed by atoms with Gasteiger partial charge in [-0.15, -0.1) is 5.10 Å². The van der Waals surface area contributed by atoms with Crippen LogP contribution in [-0.2, 0) is 11.3 Å². The average Bonchev–Trinajstić information content (AvgIpc) is 3.34. The van der Waals surface area contributed by atoms with Gasteiger partial charge in [-0.2, -0.15) is 5.26 Å². The largest absolute Gasteiger partial charge is 0.464 e. The lowest BCUT2D eigenvalue weighted by Gasteiger charge is -2.19. The van der Waals surface area contributed by atoms with E-state index >= 15 is 0 Å². The Bertz CT molecular complexity index is 953. The molecule has 0 radical (unpaired) electrons. The Balaban J connectivity index is 1.35. The van der Waals surface area contributed by atoms with E-state index in [-0.39, 0.29) is 24.3 Å². The summed E-state index contributed by atoms with van der Waals surface area (Å²) >= 11 is 0. The van der Waals surface area contributed by atoms with Gasteiger partial charge in [-0.1, -0.05) is 0 Å². The fourth-order valence-electron chi connectivity index (χ4n) is 3.11. The molecule has 3 heterocycles. The van der Waals surface area contributed by atoms with Gasteiger partial charge in [-0.3, -0.25) is 4.79 Å². The van der Waals surface area contributed by atoms with Gasteiger partial charge >= 0.3 is 0 Å². The first-order valence-corrected chi connectivity index (χ1v) is 8.02. The summed E-state index contributed by atoms with van der Waals surface area (Å²) in [5, 5.41) is 16.7. The van der Waals surface area contributed by atoms with Gasteiger partial charge in [0.2, 0.25) is 5.91 Å². The minimum Gasteiger partial charge on any atom is -0.464 e. The standard InChI is InChI=1S/C17H16N6O2/c18-8-16-19-11-23(21-16)10-17(24)20-13-3-5-22(9-13)14-1-2-15-12(7-14)4-6-25-15/h1-2,4,6-7,11,13H,3,5,9-10H2,(H,20,24)/t13-/m0/s1. The molecular formula is C17H16N6O2. The summed E-state index contributed by atoms with van der Waals surface area (Å²) in [4.78, 5) is 18.2. The second-order valence-corrected chi connectivity index (χ2v) is 6.02. The van der Waals surface area contributed by atoms with Crippen LogP contribution in [0.4, 0.5) is 5.69 Å². The number of amides is 1. The molecule has 8 heteroatoms. The number of hydrogen-bond donors (Lipinski definition) is 1. The maximum Gasteiger partial charge on any atom is 0.252 e. The first-order chi connectivity index (χ1) is 12.2. The van der Waals surface area contributed by atoms with E-state index in [4.69, 9.17) is 9.68 Å². The molecule has 1 amide bonds. The van der Waals surface area contributed by atoms with Crippen molar-refractivity contribution in [3.05, 3.63) is 42.7 Å². The zero-order valence-corrected chi connectivity index (χ0v) is 13.4. The van der Waals surface area contributed by atoms with Gasteiger partial charge in [0.25, 0.3) is 5.82 Å². The lowest BCUT2D eigenvalue weighted by molar-refractivity contribution is -0.122. The molecule has 1 aliphatic rings. The Hall–Kier alpha value is -3.34. The highest BCUT2D eigenvalue weighted by molar-refractivity contribution is 5.81. The molecule has 126 valence electrons. The molecule has 0 aliphatic carbocycles. The predicted molar refractivity (Wildman–Crippen MR) is 89.7 cm³/mol. The lowest BCUT2D eigenvalue weighted by Crippen LogP contribution is -2.39. The summed E-state index contributed by atoms with van der Waals surface area (Å²) in [5.74, 6) is -0.0685. The Kier molecular flexibility index (Phi) is 3.82. The minimum absolute atomic E-state index is 0.0617. The third-order valence-electron chi connectivity index (χ3n) is 4.30. The zero-order valence-electron chi connectivity index (χ0n) is 13.4. The highest BCUT2D eigenvalue weighted by Crippen LogP contribution is 2.25. The van der Waals surface area contributed by atoms with Crippen LogP contribution in [0.5, 0.6) is 0 Å². The Morgan fingerprint density at radius 2 is 2.36 bits per heavy atom. The van der Waals surface area contributed by atoms with Gasteiger partial charge in [0.15, 0.2) is 0 Å². The second-order valence-electron chi connectivity index (χ2n) is 6.02. The van der Waals surface area contributed by atoms with E-state index in [1.807, 2.05) is 24.3 Å². The molecule has 3 aromatic rings. The smallest absolute Gasteiger partial charge is 0.252 e. The van der Waals surface area contributed by atoms with Crippen LogP contribution < -0.4 is 10.2 Å². The van der Waals surface area contributed by atoms with E-state index in [1.165, 1.54) is 11.0 Å². The molecule has 25 heavy (non-hydrogen) atoms. The van der Waals surface area contributed by atoms with E-state index in [2.05, 4.69) is 26.4 Å². The molecule has 0 unspecified atom stereocenters. The second kappa shape index (κ2) is 6.28. The number of rotatable bonds is 4. The fourth-order valence-corrected chi connectivity index (χ4v) is 3.11. The topological polar surface area (TPSA) is 100.0 Å². The predicted octanol–water partition coefficient (Wildman–Crippen LogP) is 1.29. The van der Waals surface area contributed by atoms with E-state index in [9.17, 15) is 4.79 Å². The number of aromatic nitrogens is 3. The molecule has 0 spiro atoms. The molecule has 1 atom stereocenters. The average molecular weight is 336 g/mol. The molecular weight excluding hydrogens is 320 g/mol. The van der Waals surface area contributed by atoms with Crippen molar-refractivity contribution in [1.29, 1.82) is 5.26 Å². The minimum atomic E-state index is -0.133. The number of carbonyl (C=O) groups excluding carboxylic acids is 1. The normalized spacial score (nSPS) is 16.9. The Morgan fingerprint density at radius 1 is 1.44 bits per heavy atom. The molecule has 1 N–H and O–H groups in total. The quantitative estimate of drug-likeness (QED) is 0.770. The van der Waals surface area contributed by atoms with Crippen molar-refractivity contribution in [3.8, 4) is 6.07 Å². The maximum atomic E-state index is 12.1. The van der Waals surface area contributed by atoms with Gasteiger partial charge in [0.1, 0.15) is 24.5 Å². The number of benzene rings is 1. The molecule has 0 saturated carbocycles. The number of carbonyl (C=O) groups is 1. The van der Waals surface area contributed by atoms with Crippen LogP contribution >= 0.6 is 0 Å². The highest BCUT2D eigenvalue weighted by Gasteiger charge is 2.24. The van der Waals surface area contributed by atoms with Crippen LogP contribution in [0.3, 0.4) is 0 Å². The van der Waals surface area contributed by atoms with E-state index in [0.29, 0.717) is 0 Å². The number of nitrogens with one attached hydrogen (secondary N) is 1. The van der Waals surface area contributed by atoms with Crippen LogP contribution in [-0.4, -0.2) is 39.8 Å². The van der Waals surface area contributed by atoms with Crippen molar-refractivity contribution >= 4 is 22.6 Å². The fraction of sp³-hybridized carbons (Fsp3) is 0.294. The van der Waals surface area contributed by atoms with Gasteiger partial charge in [0, 0.05) is 30.2 Å². The van der Waals surface area contributed by atoms with Crippen molar-refractivity contribution < 1.29 is 9.21 Å². The van der Waals surface area contributed by atoms with Crippen molar-refractivity contribution in [2.24, 2.45) is 0 Å². The van der Waals surface area contributed by atoms with E-state index < -0.39 is 0 Å². The number of nitrogens with zero attached hydrogens (tertiary/aromatic N) is 5. The van der Waals surface area contributed by atoms with Gasteiger partial charge in [0.05, 0.1) is 6.26 Å². The monoisotopic (exact) mass is 336 g/mol. The zero-order chi connectivity index (χ0) is 17.2. The van der Waals surface area contributed by atoms with Gasteiger partial charge in [-0.05, 0) is 30.7 Å². The molecule has 2 aromatic heterocycles. The lowest BCUT2D eigenvalue weighted by atomic mass is 10.2. The SMILES string of the molecule is N#Cc1ncn(CC(=O)N[C@H]2CCN(c3ccc4occc4c3)C2)n1. The summed E-state index contributed by atoms with van der Waals surface area (Å²) in [6, 6.07) is 9.98. The summed E-state index contributed by atoms with van der Waals surface area (Å²) < 4.78 is 6.74. The summed E-state index contributed by atoms with van der Waals surface area (Å²) in [7, 11) is 0. The highest BCUT2D eigenvalue weighted by atomic mass is 16.3. The van der Waals surface area contributed by atoms with E-state index in [1.54, 1.807) is 6.26 Å². The number of furan rings is 1. The van der Waals surface area contributed by atoms with Gasteiger partial charge in [-0.25, -0.2) is 9.67 Å². The summed E-state index contributed by atoms with van der Waals surface area (Å²) in [6.45, 7) is 1.71. The van der Waals surface area contributed by atoms with Crippen LogP contribution in [0, 0.1) is 11.3 Å². The molecule has 8 nitrogen and oxygen atoms in total. The molecule has 1 fully saturated rings. The van der Waals surface area contributed by atoms with Gasteiger partial charge < -0.3 is 14.6 Å². The Morgan fingerprint density at radius 3 is 3.20 bits per heavy atom. The van der Waals surface area contributed by atoms with Crippen LogP contribution in [0.1, 0.15) is 12.2 Å². The number of fused-ring (bicyclic) bond motifs is 1. The first kappa shape index (κ1) is 15.2. The first-order valence-electron chi connectivity index (χ1n) is 8.02. The van der Waals surface area contributed by atoms with Crippen molar-refractivity contribution in [2.75, 3.05) is 18.0 Å². The third-order valence-corrected chi connectivity index (χ3v) is 4.30. The number of anilines is 1. The van der Waals surface area contributed by atoms with Crippen molar-refractivity contribution in [2.45, 2.75) is 19.0 Å². The van der Waals surface area contributed by atoms with Crippen molar-refractivity contribution in [3.63, 3.8) is 0 Å². The summed E-state index contributed by atoms with van der Waals surface area (Å²) in [5.41, 5.74) is 2.00. The van der Waals surface area contributed by atoms with Crippen LogP contribution in [0.2, 0.25) is 0 Å². The van der Waals surface area contributed by atoms with Crippen molar-refractivity contribution in [1.82, 2.24) is 20.1 Å². The van der Waals surface area contributed by atoms with E-state index in [0.717, 1.165) is 36.2 Å². The number of hydrogen-bond acceptors (Lipinski definition) is 6. The maximum absolute atomic E-state index is 12.1. The molecule has 1 saturated heterocycles. The van der Waals surface area contributed by atoms with Crippen LogP contribution in [0.15, 0.2) is 41.3 Å². The Labute approximate surface area is 143 Å². The molecule has 1 aliphatic heterocycles. The summed E-state index contributed by atoms with van der Waals surface area (Å²) in [6.07, 6.45) is 3.96. The van der Waals surface area contributed by atoms with Crippen LogP contribution in [0.25, 0.3) is 11.0 Å².